The molecule has 2 nitrogen and oxygen atoms in total. The zero-order valence-electron chi connectivity index (χ0n) is 7.95. The molecule has 2 heteroatoms. The first-order valence-electron chi connectivity index (χ1n) is 5.04. The molecule has 1 heterocycles. The fourth-order valence-corrected chi connectivity index (χ4v) is 2.57. The van der Waals surface area contributed by atoms with Gasteiger partial charge in [0.25, 0.3) is 0 Å². The number of carbonyl (C=O) groups excluding carboxylic acids is 1. The Morgan fingerprint density at radius 1 is 1.29 bits per heavy atom. The number of carbonyl (C=O) groups is 1. The van der Waals surface area contributed by atoms with E-state index in [4.69, 9.17) is 4.74 Å². The largest absolute Gasteiger partial charge is 0.365 e. The lowest BCUT2D eigenvalue weighted by Crippen LogP contribution is -2.21. The minimum Gasteiger partial charge on any atom is -0.365 e. The maximum absolute atomic E-state index is 11.3. The highest BCUT2D eigenvalue weighted by Crippen LogP contribution is 2.46. The fourth-order valence-electron chi connectivity index (χ4n) is 2.57. The Morgan fingerprint density at radius 2 is 2.14 bits per heavy atom. The minimum atomic E-state index is -0.256. The Labute approximate surface area is 82.9 Å². The zero-order chi connectivity index (χ0) is 9.60. The summed E-state index contributed by atoms with van der Waals surface area (Å²) in [5, 5.41) is 0. The van der Waals surface area contributed by atoms with Crippen LogP contribution >= 0.6 is 0 Å². The molecule has 14 heavy (non-hydrogen) atoms. The van der Waals surface area contributed by atoms with E-state index in [9.17, 15) is 4.79 Å². The zero-order valence-corrected chi connectivity index (χ0v) is 7.95. The van der Waals surface area contributed by atoms with Crippen LogP contribution in [-0.2, 0) is 21.7 Å². The van der Waals surface area contributed by atoms with Crippen molar-refractivity contribution in [1.29, 1.82) is 0 Å². The first-order chi connectivity index (χ1) is 6.80. The summed E-state index contributed by atoms with van der Waals surface area (Å²) in [7, 11) is 0. The molecular weight excluding hydrogens is 176 g/mol. The standard InChI is InChI=1S/C12H12O2/c13-10-5-6-12(7-10)11-4-2-1-3-9(11)8-14-12/h1-4H,5-8H2. The fraction of sp³-hybridized carbons (Fsp3) is 0.417. The molecule has 72 valence electrons. The third-order valence-corrected chi connectivity index (χ3v) is 3.30. The first kappa shape index (κ1) is 8.18. The maximum atomic E-state index is 11.3. The van der Waals surface area contributed by atoms with Crippen LogP contribution in [0.1, 0.15) is 30.4 Å². The van der Waals surface area contributed by atoms with Crippen LogP contribution in [0.3, 0.4) is 0 Å². The van der Waals surface area contributed by atoms with Gasteiger partial charge < -0.3 is 4.74 Å². The van der Waals surface area contributed by atoms with Gasteiger partial charge in [0.1, 0.15) is 11.4 Å². The molecule has 0 amide bonds. The second kappa shape index (κ2) is 2.67. The molecule has 1 unspecified atom stereocenters. The second-order valence-electron chi connectivity index (χ2n) is 4.16. The maximum Gasteiger partial charge on any atom is 0.136 e. The van der Waals surface area contributed by atoms with Crippen molar-refractivity contribution in [1.82, 2.24) is 0 Å². The Hall–Kier alpha value is -1.15. The van der Waals surface area contributed by atoms with E-state index in [2.05, 4.69) is 12.1 Å². The van der Waals surface area contributed by atoms with Crippen LogP contribution in [0.5, 0.6) is 0 Å². The number of fused-ring (bicyclic) bond motifs is 2. The molecule has 0 N–H and O–H groups in total. The van der Waals surface area contributed by atoms with E-state index >= 15 is 0 Å². The van der Waals surface area contributed by atoms with Crippen molar-refractivity contribution in [3.63, 3.8) is 0 Å². The van der Waals surface area contributed by atoms with Crippen LogP contribution in [0, 0.1) is 0 Å². The van der Waals surface area contributed by atoms with Crippen LogP contribution in [0.15, 0.2) is 24.3 Å². The molecular formula is C12H12O2. The molecule has 1 aromatic rings. The van der Waals surface area contributed by atoms with E-state index in [0.29, 0.717) is 25.2 Å². The van der Waals surface area contributed by atoms with Crippen LogP contribution in [0.25, 0.3) is 0 Å². The van der Waals surface area contributed by atoms with Gasteiger partial charge in [-0.2, -0.15) is 0 Å². The van der Waals surface area contributed by atoms with Gasteiger partial charge in [0.05, 0.1) is 6.61 Å². The van der Waals surface area contributed by atoms with Crippen molar-refractivity contribution in [3.05, 3.63) is 35.4 Å². The van der Waals surface area contributed by atoms with E-state index in [1.54, 1.807) is 0 Å². The Morgan fingerprint density at radius 3 is 2.93 bits per heavy atom. The molecule has 1 aliphatic heterocycles. The topological polar surface area (TPSA) is 26.3 Å². The molecule has 1 fully saturated rings. The van der Waals surface area contributed by atoms with Crippen molar-refractivity contribution in [2.24, 2.45) is 0 Å². The number of ether oxygens (including phenoxy) is 1. The highest BCUT2D eigenvalue weighted by Gasteiger charge is 2.45. The molecule has 0 saturated heterocycles. The molecule has 2 aliphatic rings. The second-order valence-corrected chi connectivity index (χ2v) is 4.16. The van der Waals surface area contributed by atoms with Crippen LogP contribution in [-0.4, -0.2) is 5.78 Å². The molecule has 1 saturated carbocycles. The predicted octanol–water partition coefficient (Wildman–Crippen LogP) is 2.17. The third-order valence-electron chi connectivity index (χ3n) is 3.30. The molecule has 3 rings (SSSR count). The lowest BCUT2D eigenvalue weighted by molar-refractivity contribution is -0.120. The van der Waals surface area contributed by atoms with E-state index in [1.807, 2.05) is 12.1 Å². The van der Waals surface area contributed by atoms with E-state index < -0.39 is 0 Å². The van der Waals surface area contributed by atoms with Crippen LogP contribution in [0.2, 0.25) is 0 Å². The predicted molar refractivity (Wildman–Crippen MR) is 51.8 cm³/mol. The van der Waals surface area contributed by atoms with Gasteiger partial charge in [0.2, 0.25) is 0 Å². The Balaban J connectivity index is 2.09. The first-order valence-corrected chi connectivity index (χ1v) is 5.04. The summed E-state index contributed by atoms with van der Waals surface area (Å²) in [6.07, 6.45) is 2.11. The molecule has 0 aromatic heterocycles. The summed E-state index contributed by atoms with van der Waals surface area (Å²) in [6, 6.07) is 8.24. The van der Waals surface area contributed by atoms with Crippen molar-refractivity contribution in [2.75, 3.05) is 0 Å². The molecule has 0 bridgehead atoms. The lowest BCUT2D eigenvalue weighted by Gasteiger charge is -2.22. The molecule has 1 aromatic carbocycles. The highest BCUT2D eigenvalue weighted by atomic mass is 16.5. The Kier molecular flexibility index (Phi) is 1.56. The third kappa shape index (κ3) is 0.976. The number of hydrogen-bond acceptors (Lipinski definition) is 2. The van der Waals surface area contributed by atoms with Gasteiger partial charge >= 0.3 is 0 Å². The molecule has 1 aliphatic carbocycles. The van der Waals surface area contributed by atoms with Crippen molar-refractivity contribution in [3.8, 4) is 0 Å². The number of ketones is 1. The van der Waals surface area contributed by atoms with Gasteiger partial charge in [-0.3, -0.25) is 4.79 Å². The van der Waals surface area contributed by atoms with E-state index in [-0.39, 0.29) is 5.60 Å². The summed E-state index contributed by atoms with van der Waals surface area (Å²) in [5.41, 5.74) is 2.24. The summed E-state index contributed by atoms with van der Waals surface area (Å²) < 4.78 is 5.82. The lowest BCUT2D eigenvalue weighted by atomic mass is 9.91. The van der Waals surface area contributed by atoms with Crippen LogP contribution < -0.4 is 0 Å². The quantitative estimate of drug-likeness (QED) is 0.623. The molecule has 1 spiro atoms. The van der Waals surface area contributed by atoms with Gasteiger partial charge in [0.15, 0.2) is 0 Å². The molecule has 1 atom stereocenters. The van der Waals surface area contributed by atoms with Crippen molar-refractivity contribution in [2.45, 2.75) is 31.5 Å². The number of rotatable bonds is 0. The normalized spacial score (nSPS) is 29.9. The number of benzene rings is 1. The average Bonchev–Trinajstić information content (AvgIpc) is 2.75. The van der Waals surface area contributed by atoms with Gasteiger partial charge in [-0.25, -0.2) is 0 Å². The summed E-state index contributed by atoms with van der Waals surface area (Å²) in [4.78, 5) is 11.3. The van der Waals surface area contributed by atoms with E-state index in [0.717, 1.165) is 6.42 Å². The smallest absolute Gasteiger partial charge is 0.136 e. The van der Waals surface area contributed by atoms with Crippen LogP contribution in [0.4, 0.5) is 0 Å². The van der Waals surface area contributed by atoms with Gasteiger partial charge in [-0.1, -0.05) is 24.3 Å². The van der Waals surface area contributed by atoms with Gasteiger partial charge in [0, 0.05) is 12.8 Å². The SMILES string of the molecule is O=C1CCC2(C1)OCc1ccccc12. The summed E-state index contributed by atoms with van der Waals surface area (Å²) in [6.45, 7) is 0.670. The summed E-state index contributed by atoms with van der Waals surface area (Å²) in [5.74, 6) is 0.335. The Bertz CT molecular complexity index is 397. The molecule has 0 radical (unpaired) electrons. The highest BCUT2D eigenvalue weighted by molar-refractivity contribution is 5.82. The van der Waals surface area contributed by atoms with E-state index in [1.165, 1.54) is 11.1 Å². The van der Waals surface area contributed by atoms with Gasteiger partial charge in [-0.15, -0.1) is 0 Å². The minimum absolute atomic E-state index is 0.256. The number of hydrogen-bond donors (Lipinski definition) is 0. The summed E-state index contributed by atoms with van der Waals surface area (Å²) >= 11 is 0. The van der Waals surface area contributed by atoms with Gasteiger partial charge in [-0.05, 0) is 17.5 Å². The number of Topliss-reactive ketones (excluding diaryl/α,β-unsaturated/α-hetero) is 1. The van der Waals surface area contributed by atoms with Crippen molar-refractivity contribution >= 4 is 5.78 Å². The average molecular weight is 188 g/mol. The monoisotopic (exact) mass is 188 g/mol. The van der Waals surface area contributed by atoms with Crippen molar-refractivity contribution < 1.29 is 9.53 Å².